The summed E-state index contributed by atoms with van der Waals surface area (Å²) in [6.07, 6.45) is 2.06. The van der Waals surface area contributed by atoms with E-state index in [1.165, 1.54) is 14.8 Å². The van der Waals surface area contributed by atoms with Crippen molar-refractivity contribution in [3.05, 3.63) is 27.3 Å². The first kappa shape index (κ1) is 14.7. The van der Waals surface area contributed by atoms with Crippen molar-refractivity contribution in [2.75, 3.05) is 25.6 Å². The number of rotatable bonds is 7. The standard InChI is InChI=1S/C13H21IN2O/c1-10-8-11(14)5-6-13(10)16-12(9-17-2)4-3-7-15/h5-6,8,12,16H,3-4,7,9,15H2,1-2H3. The van der Waals surface area contributed by atoms with E-state index in [2.05, 4.69) is 53.0 Å². The molecule has 1 rings (SSSR count). The highest BCUT2D eigenvalue weighted by molar-refractivity contribution is 14.1. The van der Waals surface area contributed by atoms with E-state index < -0.39 is 0 Å². The molecule has 0 heterocycles. The lowest BCUT2D eigenvalue weighted by molar-refractivity contribution is 0.182. The van der Waals surface area contributed by atoms with E-state index >= 15 is 0 Å². The number of methoxy groups -OCH3 is 1. The summed E-state index contributed by atoms with van der Waals surface area (Å²) in [6.45, 7) is 3.57. The molecule has 0 saturated heterocycles. The second kappa shape index (κ2) is 7.89. The maximum Gasteiger partial charge on any atom is 0.0664 e. The molecule has 0 aliphatic rings. The van der Waals surface area contributed by atoms with Crippen molar-refractivity contribution in [2.45, 2.75) is 25.8 Å². The Labute approximate surface area is 117 Å². The highest BCUT2D eigenvalue weighted by atomic mass is 127. The minimum atomic E-state index is 0.335. The van der Waals surface area contributed by atoms with Gasteiger partial charge in [-0.2, -0.15) is 0 Å². The van der Waals surface area contributed by atoms with Gasteiger partial charge in [0.25, 0.3) is 0 Å². The summed E-state index contributed by atoms with van der Waals surface area (Å²) in [6, 6.07) is 6.75. The molecule has 1 aromatic rings. The molecule has 0 aromatic heterocycles. The van der Waals surface area contributed by atoms with Gasteiger partial charge >= 0.3 is 0 Å². The van der Waals surface area contributed by atoms with Gasteiger partial charge in [0.15, 0.2) is 0 Å². The number of hydrogen-bond donors (Lipinski definition) is 2. The minimum absolute atomic E-state index is 0.335. The Balaban J connectivity index is 2.64. The second-order valence-corrected chi connectivity index (χ2v) is 5.43. The molecule has 1 unspecified atom stereocenters. The summed E-state index contributed by atoms with van der Waals surface area (Å²) >= 11 is 2.33. The molecule has 0 saturated carbocycles. The molecule has 1 aromatic carbocycles. The molecular formula is C13H21IN2O. The van der Waals surface area contributed by atoms with Gasteiger partial charge in [0.2, 0.25) is 0 Å². The van der Waals surface area contributed by atoms with Crippen molar-refractivity contribution in [3.8, 4) is 0 Å². The highest BCUT2D eigenvalue weighted by Gasteiger charge is 2.09. The van der Waals surface area contributed by atoms with Crippen LogP contribution in [0.15, 0.2) is 18.2 Å². The molecule has 0 amide bonds. The van der Waals surface area contributed by atoms with E-state index in [1.807, 2.05) is 0 Å². The van der Waals surface area contributed by atoms with Gasteiger partial charge in [-0.1, -0.05) is 0 Å². The normalized spacial score (nSPS) is 12.5. The average Bonchev–Trinajstić information content (AvgIpc) is 2.29. The number of halogens is 1. The van der Waals surface area contributed by atoms with Crippen molar-refractivity contribution in [3.63, 3.8) is 0 Å². The zero-order valence-corrected chi connectivity index (χ0v) is 12.7. The third-order valence-electron chi connectivity index (χ3n) is 2.67. The number of benzene rings is 1. The van der Waals surface area contributed by atoms with Gasteiger partial charge in [-0.05, 0) is 72.7 Å². The van der Waals surface area contributed by atoms with Crippen molar-refractivity contribution in [1.29, 1.82) is 0 Å². The van der Waals surface area contributed by atoms with Crippen LogP contribution in [-0.4, -0.2) is 26.3 Å². The fourth-order valence-corrected chi connectivity index (χ4v) is 2.42. The molecule has 3 nitrogen and oxygen atoms in total. The SMILES string of the molecule is COCC(CCCN)Nc1ccc(I)cc1C. The predicted molar refractivity (Wildman–Crippen MR) is 81.5 cm³/mol. The van der Waals surface area contributed by atoms with Crippen LogP contribution in [-0.2, 0) is 4.74 Å². The van der Waals surface area contributed by atoms with Crippen LogP contribution in [0.2, 0.25) is 0 Å². The molecule has 0 radical (unpaired) electrons. The summed E-state index contributed by atoms with van der Waals surface area (Å²) in [5.41, 5.74) is 8.00. The number of nitrogens with one attached hydrogen (secondary N) is 1. The number of anilines is 1. The Bertz CT molecular complexity index is 344. The summed E-state index contributed by atoms with van der Waals surface area (Å²) < 4.78 is 6.49. The Hall–Kier alpha value is -0.330. The Morgan fingerprint density at radius 1 is 1.47 bits per heavy atom. The van der Waals surface area contributed by atoms with E-state index in [1.54, 1.807) is 7.11 Å². The first-order valence-electron chi connectivity index (χ1n) is 5.89. The quantitative estimate of drug-likeness (QED) is 0.745. The lowest BCUT2D eigenvalue weighted by atomic mass is 10.1. The van der Waals surface area contributed by atoms with Crippen molar-refractivity contribution in [1.82, 2.24) is 0 Å². The predicted octanol–water partition coefficient (Wildman–Crippen LogP) is 2.77. The number of ether oxygens (including phenoxy) is 1. The molecule has 0 bridgehead atoms. The largest absolute Gasteiger partial charge is 0.383 e. The van der Waals surface area contributed by atoms with Crippen molar-refractivity contribution < 1.29 is 4.74 Å². The van der Waals surface area contributed by atoms with Crippen molar-refractivity contribution >= 4 is 28.3 Å². The number of aryl methyl sites for hydroxylation is 1. The molecular weight excluding hydrogens is 327 g/mol. The number of hydrogen-bond acceptors (Lipinski definition) is 3. The van der Waals surface area contributed by atoms with E-state index in [4.69, 9.17) is 10.5 Å². The lowest BCUT2D eigenvalue weighted by Crippen LogP contribution is -2.26. The third kappa shape index (κ3) is 5.23. The van der Waals surface area contributed by atoms with E-state index in [9.17, 15) is 0 Å². The van der Waals surface area contributed by atoms with Gasteiger partial charge < -0.3 is 15.8 Å². The van der Waals surface area contributed by atoms with Gasteiger partial charge in [-0.3, -0.25) is 0 Å². The fraction of sp³-hybridized carbons (Fsp3) is 0.538. The van der Waals surface area contributed by atoms with E-state index in [0.29, 0.717) is 12.6 Å². The third-order valence-corrected chi connectivity index (χ3v) is 3.34. The Morgan fingerprint density at radius 2 is 2.24 bits per heavy atom. The van der Waals surface area contributed by atoms with E-state index in [-0.39, 0.29) is 0 Å². The monoisotopic (exact) mass is 348 g/mol. The number of nitrogens with two attached hydrogens (primary N) is 1. The highest BCUT2D eigenvalue weighted by Crippen LogP contribution is 2.19. The van der Waals surface area contributed by atoms with Crippen LogP contribution < -0.4 is 11.1 Å². The summed E-state index contributed by atoms with van der Waals surface area (Å²) in [4.78, 5) is 0. The van der Waals surface area contributed by atoms with Crippen LogP contribution in [0.3, 0.4) is 0 Å². The van der Waals surface area contributed by atoms with Gasteiger partial charge in [0.1, 0.15) is 0 Å². The van der Waals surface area contributed by atoms with Crippen molar-refractivity contribution in [2.24, 2.45) is 5.73 Å². The summed E-state index contributed by atoms with van der Waals surface area (Å²) in [5, 5.41) is 3.53. The smallest absolute Gasteiger partial charge is 0.0664 e. The summed E-state index contributed by atoms with van der Waals surface area (Å²) in [7, 11) is 1.73. The topological polar surface area (TPSA) is 47.3 Å². The maximum atomic E-state index is 5.55. The molecule has 3 N–H and O–H groups in total. The lowest BCUT2D eigenvalue weighted by Gasteiger charge is -2.20. The molecule has 1 atom stereocenters. The first-order valence-corrected chi connectivity index (χ1v) is 6.97. The molecule has 0 fully saturated rings. The Kier molecular flexibility index (Phi) is 6.84. The molecule has 4 heteroatoms. The molecule has 96 valence electrons. The van der Waals surface area contributed by atoms with Gasteiger partial charge in [-0.25, -0.2) is 0 Å². The maximum absolute atomic E-state index is 5.55. The zero-order chi connectivity index (χ0) is 12.7. The first-order chi connectivity index (χ1) is 8.17. The second-order valence-electron chi connectivity index (χ2n) is 4.19. The fourth-order valence-electron chi connectivity index (χ4n) is 1.77. The molecule has 17 heavy (non-hydrogen) atoms. The van der Waals surface area contributed by atoms with Gasteiger partial charge in [0, 0.05) is 22.4 Å². The van der Waals surface area contributed by atoms with Gasteiger partial charge in [-0.15, -0.1) is 0 Å². The van der Waals surface area contributed by atoms with Gasteiger partial charge in [0.05, 0.1) is 6.61 Å². The van der Waals surface area contributed by atoms with Crippen LogP contribution in [0.1, 0.15) is 18.4 Å². The van der Waals surface area contributed by atoms with E-state index in [0.717, 1.165) is 19.4 Å². The van der Waals surface area contributed by atoms with Crippen LogP contribution in [0.25, 0.3) is 0 Å². The molecule has 0 aliphatic heterocycles. The van der Waals surface area contributed by atoms with Crippen LogP contribution in [0, 0.1) is 10.5 Å². The Morgan fingerprint density at radius 3 is 2.82 bits per heavy atom. The van der Waals surface area contributed by atoms with Crippen LogP contribution >= 0.6 is 22.6 Å². The molecule has 0 spiro atoms. The van der Waals surface area contributed by atoms with Crippen LogP contribution in [0.5, 0.6) is 0 Å². The zero-order valence-electron chi connectivity index (χ0n) is 10.5. The van der Waals surface area contributed by atoms with Crippen LogP contribution in [0.4, 0.5) is 5.69 Å². The molecule has 0 aliphatic carbocycles. The minimum Gasteiger partial charge on any atom is -0.383 e. The average molecular weight is 348 g/mol. The summed E-state index contributed by atoms with van der Waals surface area (Å²) in [5.74, 6) is 0.